The van der Waals surface area contributed by atoms with Crippen molar-refractivity contribution in [1.29, 1.82) is 0 Å². The van der Waals surface area contributed by atoms with Crippen molar-refractivity contribution in [3.63, 3.8) is 0 Å². The van der Waals surface area contributed by atoms with Crippen molar-refractivity contribution in [3.8, 4) is 0 Å². The van der Waals surface area contributed by atoms with E-state index in [0.29, 0.717) is 0 Å². The molecule has 0 bridgehead atoms. The van der Waals surface area contributed by atoms with Gasteiger partial charge in [-0.3, -0.25) is 0 Å². The topological polar surface area (TPSA) is 24.1 Å². The van der Waals surface area contributed by atoms with Gasteiger partial charge in [0.2, 0.25) is 0 Å². The van der Waals surface area contributed by atoms with Gasteiger partial charge in [0.1, 0.15) is 5.82 Å². The van der Waals surface area contributed by atoms with Crippen LogP contribution in [0, 0.1) is 5.82 Å². The average molecular weight is 231 g/mol. The maximum atomic E-state index is 12.9. The van der Waals surface area contributed by atoms with Gasteiger partial charge in [0.05, 0.1) is 5.02 Å². The van der Waals surface area contributed by atoms with Gasteiger partial charge in [0.15, 0.2) is 0 Å². The Bertz CT molecular complexity index is 339. The van der Waals surface area contributed by atoms with Crippen molar-refractivity contribution in [2.45, 2.75) is 19.4 Å². The lowest BCUT2D eigenvalue weighted by Gasteiger charge is -2.27. The maximum Gasteiger partial charge on any atom is 0.141 e. The van der Waals surface area contributed by atoms with Crippen LogP contribution in [0.4, 0.5) is 10.1 Å². The van der Waals surface area contributed by atoms with Crippen LogP contribution >= 0.6 is 11.6 Å². The highest BCUT2D eigenvalue weighted by molar-refractivity contribution is 6.31. The highest BCUT2D eigenvalue weighted by atomic mass is 35.5. The molecule has 0 spiro atoms. The van der Waals surface area contributed by atoms with Gasteiger partial charge in [-0.25, -0.2) is 4.39 Å². The molecule has 2 N–H and O–H groups in total. The van der Waals surface area contributed by atoms with Crippen LogP contribution in [0.25, 0.3) is 0 Å². The van der Waals surface area contributed by atoms with Crippen molar-refractivity contribution in [2.75, 3.05) is 18.9 Å². The van der Waals surface area contributed by atoms with E-state index in [4.69, 9.17) is 11.6 Å². The van der Waals surface area contributed by atoms with E-state index in [1.54, 1.807) is 12.1 Å². The summed E-state index contributed by atoms with van der Waals surface area (Å²) in [6.45, 7) is 4.92. The Kier molecular flexibility index (Phi) is 3.94. The highest BCUT2D eigenvalue weighted by Gasteiger charge is 2.16. The fraction of sp³-hybridized carbons (Fsp3) is 0.455. The Morgan fingerprint density at radius 2 is 2.07 bits per heavy atom. The third-order valence-electron chi connectivity index (χ3n) is 2.02. The molecule has 0 amide bonds. The summed E-state index contributed by atoms with van der Waals surface area (Å²) < 4.78 is 12.9. The molecule has 0 saturated heterocycles. The first-order chi connectivity index (χ1) is 6.94. The summed E-state index contributed by atoms with van der Waals surface area (Å²) in [5, 5.41) is 6.50. The first kappa shape index (κ1) is 12.3. The molecule has 0 unspecified atom stereocenters. The second-order valence-corrected chi connectivity index (χ2v) is 4.58. The Labute approximate surface area is 94.8 Å². The molecular formula is C11H16ClFN2. The minimum absolute atomic E-state index is 0.101. The van der Waals surface area contributed by atoms with Crippen molar-refractivity contribution >= 4 is 17.3 Å². The number of benzene rings is 1. The standard InChI is InChI=1S/C11H16ClFN2/c1-11(2,7-14-3)15-8-4-5-10(13)9(12)6-8/h4-6,14-15H,7H2,1-3H3. The van der Waals surface area contributed by atoms with E-state index < -0.39 is 5.82 Å². The molecule has 0 aliphatic heterocycles. The highest BCUT2D eigenvalue weighted by Crippen LogP contribution is 2.21. The van der Waals surface area contributed by atoms with Gasteiger partial charge in [-0.2, -0.15) is 0 Å². The van der Waals surface area contributed by atoms with E-state index in [2.05, 4.69) is 24.5 Å². The molecule has 0 fully saturated rings. The van der Waals surface area contributed by atoms with Crippen molar-refractivity contribution in [2.24, 2.45) is 0 Å². The van der Waals surface area contributed by atoms with E-state index >= 15 is 0 Å². The molecule has 15 heavy (non-hydrogen) atoms. The SMILES string of the molecule is CNCC(C)(C)Nc1ccc(F)c(Cl)c1. The zero-order chi connectivity index (χ0) is 11.5. The van der Waals surface area contributed by atoms with Gasteiger partial charge < -0.3 is 10.6 Å². The quantitative estimate of drug-likeness (QED) is 0.831. The van der Waals surface area contributed by atoms with E-state index in [9.17, 15) is 4.39 Å². The zero-order valence-electron chi connectivity index (χ0n) is 9.20. The number of nitrogens with one attached hydrogen (secondary N) is 2. The van der Waals surface area contributed by atoms with Crippen molar-refractivity contribution in [1.82, 2.24) is 5.32 Å². The first-order valence-electron chi connectivity index (χ1n) is 4.82. The molecule has 1 rings (SSSR count). The van der Waals surface area contributed by atoms with Crippen LogP contribution in [0.15, 0.2) is 18.2 Å². The summed E-state index contributed by atoms with van der Waals surface area (Å²) in [4.78, 5) is 0. The minimum Gasteiger partial charge on any atom is -0.379 e. The van der Waals surface area contributed by atoms with Gasteiger partial charge in [-0.1, -0.05) is 11.6 Å². The van der Waals surface area contributed by atoms with Gasteiger partial charge in [0.25, 0.3) is 0 Å². The zero-order valence-corrected chi connectivity index (χ0v) is 9.95. The van der Waals surface area contributed by atoms with E-state index in [1.165, 1.54) is 6.07 Å². The molecule has 0 saturated carbocycles. The van der Waals surface area contributed by atoms with Crippen LogP contribution in [-0.2, 0) is 0 Å². The first-order valence-corrected chi connectivity index (χ1v) is 5.20. The molecule has 4 heteroatoms. The Morgan fingerprint density at radius 1 is 1.40 bits per heavy atom. The Hall–Kier alpha value is -0.800. The fourth-order valence-corrected chi connectivity index (χ4v) is 1.63. The second kappa shape index (κ2) is 4.81. The lowest BCUT2D eigenvalue weighted by atomic mass is 10.1. The molecule has 0 heterocycles. The third-order valence-corrected chi connectivity index (χ3v) is 2.31. The van der Waals surface area contributed by atoms with Crippen molar-refractivity contribution < 1.29 is 4.39 Å². The molecule has 0 aliphatic carbocycles. The Balaban J connectivity index is 2.76. The molecule has 0 aromatic heterocycles. The van der Waals surface area contributed by atoms with Gasteiger partial charge in [0, 0.05) is 17.8 Å². The molecule has 0 radical (unpaired) electrons. The van der Waals surface area contributed by atoms with E-state index in [0.717, 1.165) is 12.2 Å². The third kappa shape index (κ3) is 3.68. The number of halogens is 2. The predicted octanol–water partition coefficient (Wildman–Crippen LogP) is 2.89. The average Bonchev–Trinajstić information content (AvgIpc) is 2.10. The van der Waals surface area contributed by atoms with Crippen LogP contribution in [0.5, 0.6) is 0 Å². The van der Waals surface area contributed by atoms with Crippen LogP contribution < -0.4 is 10.6 Å². The summed E-state index contributed by atoms with van der Waals surface area (Å²) in [5.74, 6) is -0.395. The summed E-state index contributed by atoms with van der Waals surface area (Å²) in [7, 11) is 1.89. The van der Waals surface area contributed by atoms with Crippen molar-refractivity contribution in [3.05, 3.63) is 29.0 Å². The monoisotopic (exact) mass is 230 g/mol. The molecule has 1 aromatic carbocycles. The van der Waals surface area contributed by atoms with Crippen LogP contribution in [0.2, 0.25) is 5.02 Å². The van der Waals surface area contributed by atoms with Gasteiger partial charge in [-0.05, 0) is 39.1 Å². The van der Waals surface area contributed by atoms with E-state index in [-0.39, 0.29) is 10.6 Å². The second-order valence-electron chi connectivity index (χ2n) is 4.17. The van der Waals surface area contributed by atoms with Crippen LogP contribution in [0.1, 0.15) is 13.8 Å². The van der Waals surface area contributed by atoms with Gasteiger partial charge >= 0.3 is 0 Å². The number of hydrogen-bond acceptors (Lipinski definition) is 2. The molecule has 0 atom stereocenters. The molecule has 1 aromatic rings. The van der Waals surface area contributed by atoms with Crippen LogP contribution in [0.3, 0.4) is 0 Å². The summed E-state index contributed by atoms with van der Waals surface area (Å²) in [5.41, 5.74) is 0.720. The minimum atomic E-state index is -0.395. The van der Waals surface area contributed by atoms with Gasteiger partial charge in [-0.15, -0.1) is 0 Å². The predicted molar refractivity (Wildman–Crippen MR) is 63.0 cm³/mol. The summed E-state index contributed by atoms with van der Waals surface area (Å²) in [6, 6.07) is 4.63. The van der Waals surface area contributed by atoms with E-state index in [1.807, 2.05) is 7.05 Å². The largest absolute Gasteiger partial charge is 0.379 e. The Morgan fingerprint density at radius 3 is 2.60 bits per heavy atom. The number of likely N-dealkylation sites (N-methyl/N-ethyl adjacent to an activating group) is 1. The maximum absolute atomic E-state index is 12.9. The summed E-state index contributed by atoms with van der Waals surface area (Å²) >= 11 is 5.69. The lowest BCUT2D eigenvalue weighted by Crippen LogP contribution is -2.40. The molecule has 84 valence electrons. The molecule has 0 aliphatic rings. The summed E-state index contributed by atoms with van der Waals surface area (Å²) in [6.07, 6.45) is 0. The molecular weight excluding hydrogens is 215 g/mol. The van der Waals surface area contributed by atoms with Crippen LogP contribution in [-0.4, -0.2) is 19.1 Å². The number of hydrogen-bond donors (Lipinski definition) is 2. The fourth-order valence-electron chi connectivity index (χ4n) is 1.45. The number of anilines is 1. The lowest BCUT2D eigenvalue weighted by molar-refractivity contribution is 0.530. The molecule has 2 nitrogen and oxygen atoms in total. The normalized spacial score (nSPS) is 11.5. The number of rotatable bonds is 4. The smallest absolute Gasteiger partial charge is 0.141 e.